The van der Waals surface area contributed by atoms with E-state index in [9.17, 15) is 18.8 Å². The van der Waals surface area contributed by atoms with Crippen LogP contribution in [0.1, 0.15) is 11.1 Å². The lowest BCUT2D eigenvalue weighted by molar-refractivity contribution is -0.147. The fourth-order valence-corrected chi connectivity index (χ4v) is 3.58. The highest BCUT2D eigenvalue weighted by atomic mass is 32.2. The van der Waals surface area contributed by atoms with Crippen LogP contribution in [0.15, 0.2) is 47.4 Å². The van der Waals surface area contributed by atoms with Gasteiger partial charge in [0.05, 0.1) is 11.4 Å². The number of esters is 1. The summed E-state index contributed by atoms with van der Waals surface area (Å²) in [5.74, 6) is -1.46. The van der Waals surface area contributed by atoms with Crippen LogP contribution in [0.5, 0.6) is 0 Å². The first-order chi connectivity index (χ1) is 13.4. The number of amides is 2. The minimum atomic E-state index is -0.674. The lowest BCUT2D eigenvalue weighted by Crippen LogP contribution is -2.40. The van der Waals surface area contributed by atoms with Crippen molar-refractivity contribution in [2.24, 2.45) is 0 Å². The van der Waals surface area contributed by atoms with Gasteiger partial charge in [-0.15, -0.1) is 11.8 Å². The predicted molar refractivity (Wildman–Crippen MR) is 103 cm³/mol. The highest BCUT2D eigenvalue weighted by Gasteiger charge is 2.26. The fraction of sp³-hybridized carbons (Fsp3) is 0.250. The second-order valence-electron chi connectivity index (χ2n) is 6.26. The number of carbonyl (C=O) groups excluding carboxylic acids is 3. The van der Waals surface area contributed by atoms with Gasteiger partial charge in [-0.1, -0.05) is 24.3 Å². The molecule has 1 aliphatic heterocycles. The van der Waals surface area contributed by atoms with Crippen LogP contribution >= 0.6 is 11.8 Å². The van der Waals surface area contributed by atoms with Gasteiger partial charge in [-0.25, -0.2) is 4.39 Å². The number of ether oxygens (including phenoxy) is 1. The molecule has 0 unspecified atom stereocenters. The van der Waals surface area contributed by atoms with Crippen molar-refractivity contribution in [1.29, 1.82) is 0 Å². The van der Waals surface area contributed by atoms with Crippen LogP contribution in [0.3, 0.4) is 0 Å². The Bertz CT molecular complexity index is 919. The van der Waals surface area contributed by atoms with E-state index >= 15 is 0 Å². The number of rotatable bonds is 6. The van der Waals surface area contributed by atoms with Gasteiger partial charge in [-0.2, -0.15) is 0 Å². The molecule has 2 aromatic carbocycles. The molecular formula is C20H19FN2O4S. The monoisotopic (exact) mass is 402 g/mol. The normalized spacial score (nSPS) is 13.1. The Morgan fingerprint density at radius 3 is 2.82 bits per heavy atom. The molecule has 0 spiro atoms. The van der Waals surface area contributed by atoms with Crippen molar-refractivity contribution in [3.8, 4) is 0 Å². The summed E-state index contributed by atoms with van der Waals surface area (Å²) in [6.45, 7) is 1.06. The van der Waals surface area contributed by atoms with Gasteiger partial charge in [0, 0.05) is 11.4 Å². The Labute approximate surface area is 166 Å². The van der Waals surface area contributed by atoms with Crippen molar-refractivity contribution < 1.29 is 23.5 Å². The standard InChI is InChI=1S/C20H19FN2O4S/c1-13-6-7-14(8-15(13)21)9-22-18(24)11-27-20(26)10-23-16-4-2-3-5-17(16)28-12-19(23)25/h2-8H,9-12H2,1H3,(H,22,24). The second-order valence-corrected chi connectivity index (χ2v) is 7.27. The molecule has 28 heavy (non-hydrogen) atoms. The van der Waals surface area contributed by atoms with E-state index in [1.54, 1.807) is 31.2 Å². The number of halogens is 1. The van der Waals surface area contributed by atoms with E-state index in [1.165, 1.54) is 22.7 Å². The van der Waals surface area contributed by atoms with E-state index in [-0.39, 0.29) is 30.6 Å². The maximum Gasteiger partial charge on any atom is 0.326 e. The molecule has 2 aromatic rings. The third kappa shape index (κ3) is 4.89. The van der Waals surface area contributed by atoms with Crippen molar-refractivity contribution in [2.45, 2.75) is 18.4 Å². The van der Waals surface area contributed by atoms with E-state index in [2.05, 4.69) is 5.32 Å². The van der Waals surface area contributed by atoms with Crippen molar-refractivity contribution in [1.82, 2.24) is 5.32 Å². The van der Waals surface area contributed by atoms with Crippen molar-refractivity contribution >= 4 is 35.2 Å². The van der Waals surface area contributed by atoms with Gasteiger partial charge < -0.3 is 10.1 Å². The summed E-state index contributed by atoms with van der Waals surface area (Å²) in [4.78, 5) is 38.3. The molecule has 146 valence electrons. The molecule has 1 N–H and O–H groups in total. The van der Waals surface area contributed by atoms with Gasteiger partial charge in [0.1, 0.15) is 12.4 Å². The number of aryl methyl sites for hydroxylation is 1. The van der Waals surface area contributed by atoms with Gasteiger partial charge >= 0.3 is 5.97 Å². The second kappa shape index (κ2) is 8.88. The van der Waals surface area contributed by atoms with Crippen LogP contribution in [0.25, 0.3) is 0 Å². The number of hydrogen-bond donors (Lipinski definition) is 1. The van der Waals surface area contributed by atoms with Gasteiger partial charge in [-0.3, -0.25) is 19.3 Å². The summed E-state index contributed by atoms with van der Waals surface area (Å²) in [6.07, 6.45) is 0. The van der Waals surface area contributed by atoms with Crippen LogP contribution in [0.4, 0.5) is 10.1 Å². The minimum Gasteiger partial charge on any atom is -0.454 e. The molecule has 0 radical (unpaired) electrons. The Kier molecular flexibility index (Phi) is 6.30. The molecule has 0 fully saturated rings. The van der Waals surface area contributed by atoms with Crippen molar-refractivity contribution in [3.05, 3.63) is 59.4 Å². The Balaban J connectivity index is 1.48. The predicted octanol–water partition coefficient (Wildman–Crippen LogP) is 2.43. The summed E-state index contributed by atoms with van der Waals surface area (Å²) >= 11 is 1.42. The first-order valence-corrected chi connectivity index (χ1v) is 9.62. The van der Waals surface area contributed by atoms with Gasteiger partial charge in [0.15, 0.2) is 6.61 Å². The molecule has 6 nitrogen and oxygen atoms in total. The van der Waals surface area contributed by atoms with E-state index in [4.69, 9.17) is 4.74 Å². The molecule has 3 rings (SSSR count). The summed E-state index contributed by atoms with van der Waals surface area (Å²) in [7, 11) is 0. The number of thioether (sulfide) groups is 1. The zero-order chi connectivity index (χ0) is 20.1. The topological polar surface area (TPSA) is 75.7 Å². The van der Waals surface area contributed by atoms with E-state index in [0.717, 1.165) is 4.90 Å². The number of fused-ring (bicyclic) bond motifs is 1. The Morgan fingerprint density at radius 1 is 1.25 bits per heavy atom. The van der Waals surface area contributed by atoms with Crippen LogP contribution in [-0.2, 0) is 25.7 Å². The number of carbonyl (C=O) groups is 3. The molecule has 0 saturated carbocycles. The highest BCUT2D eigenvalue weighted by Crippen LogP contribution is 2.34. The van der Waals surface area contributed by atoms with E-state index < -0.39 is 18.5 Å². The number of benzene rings is 2. The van der Waals surface area contributed by atoms with Crippen LogP contribution in [0, 0.1) is 12.7 Å². The van der Waals surface area contributed by atoms with Gasteiger partial charge in [-0.05, 0) is 36.2 Å². The lowest BCUT2D eigenvalue weighted by atomic mass is 10.1. The molecule has 0 saturated heterocycles. The molecule has 0 aromatic heterocycles. The first kappa shape index (κ1) is 19.9. The maximum atomic E-state index is 13.5. The third-order valence-electron chi connectivity index (χ3n) is 4.19. The van der Waals surface area contributed by atoms with Crippen LogP contribution in [-0.4, -0.2) is 36.7 Å². The maximum absolute atomic E-state index is 13.5. The molecule has 8 heteroatoms. The zero-order valence-corrected chi connectivity index (χ0v) is 16.1. The number of anilines is 1. The molecular weight excluding hydrogens is 383 g/mol. The summed E-state index contributed by atoms with van der Waals surface area (Å²) in [5, 5.41) is 2.56. The highest BCUT2D eigenvalue weighted by molar-refractivity contribution is 8.00. The molecule has 1 aliphatic rings. The largest absolute Gasteiger partial charge is 0.454 e. The van der Waals surface area contributed by atoms with E-state index in [0.29, 0.717) is 16.8 Å². The zero-order valence-electron chi connectivity index (χ0n) is 15.2. The number of nitrogens with one attached hydrogen (secondary N) is 1. The minimum absolute atomic E-state index is 0.128. The molecule has 0 atom stereocenters. The number of para-hydroxylation sites is 1. The van der Waals surface area contributed by atoms with Gasteiger partial charge in [0.25, 0.3) is 5.91 Å². The number of nitrogens with zero attached hydrogens (tertiary/aromatic N) is 1. The van der Waals surface area contributed by atoms with Crippen molar-refractivity contribution in [3.63, 3.8) is 0 Å². The van der Waals surface area contributed by atoms with E-state index in [1.807, 2.05) is 12.1 Å². The quantitative estimate of drug-likeness (QED) is 0.751. The fourth-order valence-electron chi connectivity index (χ4n) is 2.65. The van der Waals surface area contributed by atoms with Gasteiger partial charge in [0.2, 0.25) is 5.91 Å². The average molecular weight is 402 g/mol. The molecule has 1 heterocycles. The Hall–Kier alpha value is -2.87. The molecule has 0 aliphatic carbocycles. The van der Waals surface area contributed by atoms with Crippen molar-refractivity contribution in [2.75, 3.05) is 23.8 Å². The summed E-state index contributed by atoms with van der Waals surface area (Å²) in [5.41, 5.74) is 1.79. The molecule has 2 amide bonds. The lowest BCUT2D eigenvalue weighted by Gasteiger charge is -2.27. The van der Waals surface area contributed by atoms with Crippen LogP contribution < -0.4 is 10.2 Å². The average Bonchev–Trinajstić information content (AvgIpc) is 2.69. The SMILES string of the molecule is Cc1ccc(CNC(=O)COC(=O)CN2C(=O)CSc3ccccc32)cc1F. The smallest absolute Gasteiger partial charge is 0.326 e. The number of hydrogen-bond acceptors (Lipinski definition) is 5. The molecule has 0 bridgehead atoms. The first-order valence-electron chi connectivity index (χ1n) is 8.63. The summed E-state index contributed by atoms with van der Waals surface area (Å²) < 4.78 is 18.5. The summed E-state index contributed by atoms with van der Waals surface area (Å²) in [6, 6.07) is 12.0. The Morgan fingerprint density at radius 2 is 2.04 bits per heavy atom. The van der Waals surface area contributed by atoms with Crippen LogP contribution in [0.2, 0.25) is 0 Å². The third-order valence-corrected chi connectivity index (χ3v) is 5.23.